The van der Waals surface area contributed by atoms with Gasteiger partial charge in [0.15, 0.2) is 5.78 Å². The number of rotatable bonds is 3. The van der Waals surface area contributed by atoms with Crippen molar-refractivity contribution in [2.45, 2.75) is 25.7 Å². The number of likely N-dealkylation sites (tertiary alicyclic amines) is 1. The van der Waals surface area contributed by atoms with Gasteiger partial charge in [-0.05, 0) is 43.5 Å². The summed E-state index contributed by atoms with van der Waals surface area (Å²) in [4.78, 5) is 26.2. The second kappa shape index (κ2) is 6.38. The maximum atomic E-state index is 12.3. The van der Waals surface area contributed by atoms with Crippen LogP contribution in [0.1, 0.15) is 41.6 Å². The Labute approximate surface area is 139 Å². The average molecular weight is 334 g/mol. The minimum absolute atomic E-state index is 0.0100. The quantitative estimate of drug-likeness (QED) is 0.680. The molecule has 1 amide bonds. The summed E-state index contributed by atoms with van der Waals surface area (Å²) < 4.78 is 0.817. The Bertz CT molecular complexity index is 639. The Morgan fingerprint density at radius 3 is 2.86 bits per heavy atom. The summed E-state index contributed by atoms with van der Waals surface area (Å²) in [6.45, 7) is 3.86. The number of nitrogens with zero attached hydrogens (tertiary/aromatic N) is 1. The second-order valence-electron chi connectivity index (χ2n) is 5.68. The number of carbonyl (C=O) groups excluding carboxylic acids is 2. The first-order chi connectivity index (χ1) is 10.6. The van der Waals surface area contributed by atoms with Crippen molar-refractivity contribution in [2.75, 3.05) is 24.2 Å². The molecule has 1 aromatic carbocycles. The third kappa shape index (κ3) is 3.03. The number of amides is 1. The van der Waals surface area contributed by atoms with E-state index in [4.69, 9.17) is 12.2 Å². The van der Waals surface area contributed by atoms with Gasteiger partial charge in [-0.25, -0.2) is 0 Å². The van der Waals surface area contributed by atoms with Crippen LogP contribution in [0.15, 0.2) is 18.2 Å². The molecular formula is C16H18N2O2S2. The van der Waals surface area contributed by atoms with Crippen molar-refractivity contribution in [3.63, 3.8) is 0 Å². The molecule has 2 aliphatic rings. The molecule has 116 valence electrons. The molecule has 1 fully saturated rings. The predicted molar refractivity (Wildman–Crippen MR) is 93.7 cm³/mol. The lowest BCUT2D eigenvalue weighted by Crippen LogP contribution is -2.24. The molecule has 6 heteroatoms. The van der Waals surface area contributed by atoms with E-state index in [1.807, 2.05) is 19.1 Å². The molecule has 3 rings (SSSR count). The van der Waals surface area contributed by atoms with Crippen LogP contribution >= 0.6 is 24.0 Å². The summed E-state index contributed by atoms with van der Waals surface area (Å²) in [7, 11) is 0. The number of hydrogen-bond donors (Lipinski definition) is 1. The highest BCUT2D eigenvalue weighted by Gasteiger charge is 2.27. The van der Waals surface area contributed by atoms with E-state index in [0.717, 1.165) is 28.7 Å². The van der Waals surface area contributed by atoms with Gasteiger partial charge in [0.2, 0.25) is 5.91 Å². The Morgan fingerprint density at radius 1 is 1.41 bits per heavy atom. The standard InChI is InChI=1S/C16H18N2O2S2/c1-10-12-8-11(4-5-13(12)17-15(10)20)14(19)9-22-16(21)18-6-2-3-7-18/h4-5,8,10H,2-3,6-7,9H2,1H3,(H,17,20)/t10-/m0/s1. The van der Waals surface area contributed by atoms with E-state index in [0.29, 0.717) is 11.3 Å². The van der Waals surface area contributed by atoms with Gasteiger partial charge in [0, 0.05) is 24.3 Å². The van der Waals surface area contributed by atoms with Gasteiger partial charge in [-0.1, -0.05) is 24.0 Å². The predicted octanol–water partition coefficient (Wildman–Crippen LogP) is 3.04. The zero-order valence-corrected chi connectivity index (χ0v) is 14.1. The third-order valence-electron chi connectivity index (χ3n) is 4.18. The van der Waals surface area contributed by atoms with Gasteiger partial charge in [-0.2, -0.15) is 0 Å². The van der Waals surface area contributed by atoms with Gasteiger partial charge >= 0.3 is 0 Å². The monoisotopic (exact) mass is 334 g/mol. The fourth-order valence-electron chi connectivity index (χ4n) is 2.79. The second-order valence-corrected chi connectivity index (χ2v) is 7.29. The first kappa shape index (κ1) is 15.5. The number of anilines is 1. The molecule has 1 N–H and O–H groups in total. The summed E-state index contributed by atoms with van der Waals surface area (Å²) >= 11 is 6.81. The SMILES string of the molecule is C[C@@H]1C(=O)Nc2ccc(C(=O)CSC(=S)N3CCCC3)cc21. The third-order valence-corrected chi connectivity index (χ3v) is 5.71. The molecule has 4 nitrogen and oxygen atoms in total. The van der Waals surface area contributed by atoms with Crippen LogP contribution in [0.3, 0.4) is 0 Å². The van der Waals surface area contributed by atoms with Crippen LogP contribution in [0.2, 0.25) is 0 Å². The molecule has 22 heavy (non-hydrogen) atoms. The van der Waals surface area contributed by atoms with Crippen LogP contribution in [0.5, 0.6) is 0 Å². The van der Waals surface area contributed by atoms with E-state index < -0.39 is 0 Å². The minimum Gasteiger partial charge on any atom is -0.358 e. The molecule has 1 saturated heterocycles. The molecule has 0 unspecified atom stereocenters. The summed E-state index contributed by atoms with van der Waals surface area (Å²) in [5.74, 6) is 0.204. The number of thioether (sulfide) groups is 1. The number of carbonyl (C=O) groups is 2. The van der Waals surface area contributed by atoms with E-state index in [1.54, 1.807) is 6.07 Å². The fourth-order valence-corrected chi connectivity index (χ4v) is 3.94. The van der Waals surface area contributed by atoms with E-state index in [9.17, 15) is 9.59 Å². The zero-order chi connectivity index (χ0) is 15.7. The Kier molecular flexibility index (Phi) is 4.49. The maximum Gasteiger partial charge on any atom is 0.231 e. The van der Waals surface area contributed by atoms with Crippen LogP contribution in [-0.4, -0.2) is 39.8 Å². The Balaban J connectivity index is 1.63. The molecule has 2 aliphatic heterocycles. The Morgan fingerprint density at radius 2 is 2.14 bits per heavy atom. The van der Waals surface area contributed by atoms with Gasteiger partial charge in [0.05, 0.1) is 11.7 Å². The number of thiocarbonyl (C=S) groups is 1. The molecule has 0 aliphatic carbocycles. The van der Waals surface area contributed by atoms with Crippen molar-refractivity contribution in [2.24, 2.45) is 0 Å². The van der Waals surface area contributed by atoms with E-state index in [-0.39, 0.29) is 17.6 Å². The number of hydrogen-bond acceptors (Lipinski definition) is 4. The average Bonchev–Trinajstić information content (AvgIpc) is 3.14. The highest BCUT2D eigenvalue weighted by Crippen LogP contribution is 2.33. The molecular weight excluding hydrogens is 316 g/mol. The first-order valence-corrected chi connectivity index (χ1v) is 8.85. The molecule has 0 aromatic heterocycles. The van der Waals surface area contributed by atoms with E-state index >= 15 is 0 Å². The minimum atomic E-state index is -0.193. The smallest absolute Gasteiger partial charge is 0.231 e. The molecule has 1 atom stereocenters. The molecule has 0 radical (unpaired) electrons. The molecule has 1 aromatic rings. The zero-order valence-electron chi connectivity index (χ0n) is 12.4. The fraction of sp³-hybridized carbons (Fsp3) is 0.438. The van der Waals surface area contributed by atoms with Crippen molar-refractivity contribution in [3.8, 4) is 0 Å². The van der Waals surface area contributed by atoms with E-state index in [2.05, 4.69) is 10.2 Å². The number of Topliss-reactive ketones (excluding diaryl/α,β-unsaturated/α-hetero) is 1. The van der Waals surface area contributed by atoms with Gasteiger partial charge in [-0.3, -0.25) is 9.59 Å². The number of nitrogens with one attached hydrogen (secondary N) is 1. The summed E-state index contributed by atoms with van der Waals surface area (Å²) in [6.07, 6.45) is 2.36. The molecule has 2 heterocycles. The lowest BCUT2D eigenvalue weighted by Gasteiger charge is -2.17. The van der Waals surface area contributed by atoms with Crippen LogP contribution < -0.4 is 5.32 Å². The van der Waals surface area contributed by atoms with Crippen LogP contribution in [0.25, 0.3) is 0 Å². The number of fused-ring (bicyclic) bond motifs is 1. The highest BCUT2D eigenvalue weighted by atomic mass is 32.2. The first-order valence-electron chi connectivity index (χ1n) is 7.46. The lowest BCUT2D eigenvalue weighted by molar-refractivity contribution is -0.116. The van der Waals surface area contributed by atoms with Gasteiger partial charge in [0.1, 0.15) is 4.32 Å². The summed E-state index contributed by atoms with van der Waals surface area (Å²) in [5, 5.41) is 2.82. The Hall–Kier alpha value is -1.40. The normalized spacial score (nSPS) is 20.0. The van der Waals surface area contributed by atoms with Crippen LogP contribution in [-0.2, 0) is 4.79 Å². The van der Waals surface area contributed by atoms with E-state index in [1.165, 1.54) is 24.6 Å². The van der Waals surface area contributed by atoms with Crippen LogP contribution in [0, 0.1) is 0 Å². The van der Waals surface area contributed by atoms with Gasteiger partial charge < -0.3 is 10.2 Å². The van der Waals surface area contributed by atoms with Crippen molar-refractivity contribution in [1.82, 2.24) is 4.90 Å². The van der Waals surface area contributed by atoms with Gasteiger partial charge in [0.25, 0.3) is 0 Å². The molecule has 0 saturated carbocycles. The maximum absolute atomic E-state index is 12.3. The van der Waals surface area contributed by atoms with Crippen molar-refractivity contribution in [3.05, 3.63) is 29.3 Å². The van der Waals surface area contributed by atoms with Crippen molar-refractivity contribution < 1.29 is 9.59 Å². The molecule has 0 bridgehead atoms. The highest BCUT2D eigenvalue weighted by molar-refractivity contribution is 8.23. The molecule has 0 spiro atoms. The lowest BCUT2D eigenvalue weighted by atomic mass is 9.99. The van der Waals surface area contributed by atoms with Gasteiger partial charge in [-0.15, -0.1) is 0 Å². The van der Waals surface area contributed by atoms with Crippen molar-refractivity contribution in [1.29, 1.82) is 0 Å². The topological polar surface area (TPSA) is 49.4 Å². The van der Waals surface area contributed by atoms with Crippen molar-refractivity contribution >= 4 is 45.7 Å². The number of benzene rings is 1. The summed E-state index contributed by atoms with van der Waals surface area (Å²) in [5.41, 5.74) is 2.37. The largest absolute Gasteiger partial charge is 0.358 e. The van der Waals surface area contributed by atoms with Crippen LogP contribution in [0.4, 0.5) is 5.69 Å². The number of ketones is 1. The summed E-state index contributed by atoms with van der Waals surface area (Å²) in [6, 6.07) is 5.42.